The maximum atomic E-state index is 9.34. The van der Waals surface area contributed by atoms with Crippen molar-refractivity contribution in [2.75, 3.05) is 0 Å². The van der Waals surface area contributed by atoms with Crippen LogP contribution in [0.4, 0.5) is 0 Å². The average Bonchev–Trinajstić information content (AvgIpc) is 2.18. The average molecular weight is 187 g/mol. The Morgan fingerprint density at radius 1 is 1.29 bits per heavy atom. The van der Waals surface area contributed by atoms with Gasteiger partial charge in [0.15, 0.2) is 0 Å². The Hall–Kier alpha value is -1.41. The molecular weight excluding hydrogens is 174 g/mol. The second-order valence-electron chi connectivity index (χ2n) is 3.54. The predicted molar refractivity (Wildman–Crippen MR) is 57.1 cm³/mol. The fourth-order valence-corrected chi connectivity index (χ4v) is 1.65. The van der Waals surface area contributed by atoms with E-state index in [2.05, 4.69) is 4.98 Å². The lowest BCUT2D eigenvalue weighted by Crippen LogP contribution is -2.04. The monoisotopic (exact) mass is 187 g/mol. The molecular formula is C12H13NO. The van der Waals surface area contributed by atoms with Gasteiger partial charge in [-0.05, 0) is 31.0 Å². The van der Waals surface area contributed by atoms with E-state index in [1.54, 1.807) is 13.1 Å². The molecule has 1 heterocycles. The van der Waals surface area contributed by atoms with Gasteiger partial charge in [0.2, 0.25) is 0 Å². The number of benzene rings is 1. The molecule has 1 N–H and O–H groups in total. The molecule has 0 unspecified atom stereocenters. The molecule has 0 saturated heterocycles. The van der Waals surface area contributed by atoms with E-state index in [4.69, 9.17) is 0 Å². The fourth-order valence-electron chi connectivity index (χ4n) is 1.65. The van der Waals surface area contributed by atoms with Crippen molar-refractivity contribution >= 4 is 10.9 Å². The van der Waals surface area contributed by atoms with Gasteiger partial charge in [-0.2, -0.15) is 0 Å². The van der Waals surface area contributed by atoms with Crippen molar-refractivity contribution in [1.82, 2.24) is 4.98 Å². The maximum Gasteiger partial charge on any atom is 0.0704 e. The Kier molecular flexibility index (Phi) is 2.46. The molecule has 0 aliphatic rings. The molecule has 14 heavy (non-hydrogen) atoms. The molecule has 1 atom stereocenters. The molecule has 2 rings (SSSR count). The first-order valence-corrected chi connectivity index (χ1v) is 4.78. The number of aromatic nitrogens is 1. The van der Waals surface area contributed by atoms with E-state index in [1.807, 2.05) is 30.3 Å². The lowest BCUT2D eigenvalue weighted by Gasteiger charge is -2.07. The summed E-state index contributed by atoms with van der Waals surface area (Å²) in [6.45, 7) is 1.80. The Morgan fingerprint density at radius 2 is 2.07 bits per heavy atom. The minimum atomic E-state index is -0.305. The third kappa shape index (κ3) is 1.75. The lowest BCUT2D eigenvalue weighted by atomic mass is 10.0. The smallest absolute Gasteiger partial charge is 0.0704 e. The number of aliphatic hydroxyl groups is 1. The topological polar surface area (TPSA) is 33.1 Å². The first kappa shape index (κ1) is 9.16. The van der Waals surface area contributed by atoms with Gasteiger partial charge in [0.05, 0.1) is 11.6 Å². The van der Waals surface area contributed by atoms with Crippen molar-refractivity contribution in [3.05, 3.63) is 42.1 Å². The summed E-state index contributed by atoms with van der Waals surface area (Å²) in [5, 5.41) is 10.5. The van der Waals surface area contributed by atoms with E-state index in [1.165, 1.54) is 0 Å². The molecule has 1 aromatic heterocycles. The fraction of sp³-hybridized carbons (Fsp3) is 0.250. The second-order valence-corrected chi connectivity index (χ2v) is 3.54. The number of pyridine rings is 1. The third-order valence-electron chi connectivity index (χ3n) is 2.25. The van der Waals surface area contributed by atoms with Crippen LogP contribution in [-0.2, 0) is 6.42 Å². The highest BCUT2D eigenvalue weighted by Gasteiger charge is 2.03. The predicted octanol–water partition coefficient (Wildman–Crippen LogP) is 2.16. The van der Waals surface area contributed by atoms with Crippen LogP contribution in [0.25, 0.3) is 10.9 Å². The molecule has 0 radical (unpaired) electrons. The number of aliphatic hydroxyl groups excluding tert-OH is 1. The number of rotatable bonds is 2. The third-order valence-corrected chi connectivity index (χ3v) is 2.25. The molecule has 0 aliphatic carbocycles. The molecule has 0 saturated carbocycles. The highest BCUT2D eigenvalue weighted by atomic mass is 16.3. The Labute approximate surface area is 83.2 Å². The van der Waals surface area contributed by atoms with Crippen LogP contribution in [0.1, 0.15) is 12.5 Å². The highest BCUT2D eigenvalue weighted by Crippen LogP contribution is 2.17. The minimum Gasteiger partial charge on any atom is -0.393 e. The van der Waals surface area contributed by atoms with Crippen LogP contribution in [0.5, 0.6) is 0 Å². The van der Waals surface area contributed by atoms with Gasteiger partial charge in [-0.15, -0.1) is 0 Å². The van der Waals surface area contributed by atoms with E-state index in [9.17, 15) is 5.11 Å². The largest absolute Gasteiger partial charge is 0.393 e. The minimum absolute atomic E-state index is 0.305. The number of fused-ring (bicyclic) bond motifs is 1. The zero-order chi connectivity index (χ0) is 9.97. The summed E-state index contributed by atoms with van der Waals surface area (Å²) < 4.78 is 0. The van der Waals surface area contributed by atoms with Gasteiger partial charge in [0.1, 0.15) is 0 Å². The van der Waals surface area contributed by atoms with Crippen molar-refractivity contribution < 1.29 is 5.11 Å². The summed E-state index contributed by atoms with van der Waals surface area (Å²) in [6, 6.07) is 9.97. The van der Waals surface area contributed by atoms with Gasteiger partial charge in [0.25, 0.3) is 0 Å². The van der Waals surface area contributed by atoms with Crippen molar-refractivity contribution in [1.29, 1.82) is 0 Å². The molecule has 72 valence electrons. The number of para-hydroxylation sites is 1. The quantitative estimate of drug-likeness (QED) is 0.781. The summed E-state index contributed by atoms with van der Waals surface area (Å²) in [7, 11) is 0. The van der Waals surface area contributed by atoms with Crippen LogP contribution in [-0.4, -0.2) is 16.2 Å². The number of hydrogen-bond acceptors (Lipinski definition) is 2. The summed E-state index contributed by atoms with van der Waals surface area (Å²) in [5.74, 6) is 0. The van der Waals surface area contributed by atoms with Gasteiger partial charge in [-0.3, -0.25) is 4.98 Å². The van der Waals surface area contributed by atoms with E-state index >= 15 is 0 Å². The van der Waals surface area contributed by atoms with Crippen LogP contribution < -0.4 is 0 Å². The van der Waals surface area contributed by atoms with Crippen molar-refractivity contribution in [2.45, 2.75) is 19.4 Å². The zero-order valence-electron chi connectivity index (χ0n) is 8.14. The van der Waals surface area contributed by atoms with Gasteiger partial charge < -0.3 is 5.11 Å². The molecule has 0 aliphatic heterocycles. The summed E-state index contributed by atoms with van der Waals surface area (Å²) in [6.07, 6.45) is 2.17. The molecule has 0 bridgehead atoms. The zero-order valence-corrected chi connectivity index (χ0v) is 8.14. The molecule has 2 aromatic rings. The Morgan fingerprint density at radius 3 is 2.86 bits per heavy atom. The Bertz CT molecular complexity index is 432. The van der Waals surface area contributed by atoms with E-state index in [0.29, 0.717) is 6.42 Å². The maximum absolute atomic E-state index is 9.34. The number of nitrogens with zero attached hydrogens (tertiary/aromatic N) is 1. The van der Waals surface area contributed by atoms with Crippen LogP contribution >= 0.6 is 0 Å². The van der Waals surface area contributed by atoms with Crippen molar-refractivity contribution in [3.63, 3.8) is 0 Å². The standard InChI is InChI=1S/C12H13NO/c1-9(14)8-10-6-7-13-12-5-3-2-4-11(10)12/h2-7,9,14H,8H2,1H3/t9-/m1/s1. The second kappa shape index (κ2) is 3.76. The molecule has 0 amide bonds. The van der Waals surface area contributed by atoms with E-state index in [-0.39, 0.29) is 6.10 Å². The summed E-state index contributed by atoms with van der Waals surface area (Å²) in [4.78, 5) is 4.27. The van der Waals surface area contributed by atoms with Gasteiger partial charge in [0, 0.05) is 11.6 Å². The van der Waals surface area contributed by atoms with E-state index < -0.39 is 0 Å². The van der Waals surface area contributed by atoms with Gasteiger partial charge in [-0.25, -0.2) is 0 Å². The summed E-state index contributed by atoms with van der Waals surface area (Å²) >= 11 is 0. The number of hydrogen-bond donors (Lipinski definition) is 1. The highest BCUT2D eigenvalue weighted by molar-refractivity contribution is 5.81. The van der Waals surface area contributed by atoms with Gasteiger partial charge >= 0.3 is 0 Å². The van der Waals surface area contributed by atoms with Crippen molar-refractivity contribution in [2.24, 2.45) is 0 Å². The molecule has 0 fully saturated rings. The molecule has 2 heteroatoms. The Balaban J connectivity index is 2.53. The van der Waals surface area contributed by atoms with Gasteiger partial charge in [-0.1, -0.05) is 18.2 Å². The molecule has 1 aromatic carbocycles. The normalized spacial score (nSPS) is 13.0. The first-order chi connectivity index (χ1) is 6.77. The van der Waals surface area contributed by atoms with Crippen molar-refractivity contribution in [3.8, 4) is 0 Å². The van der Waals surface area contributed by atoms with E-state index in [0.717, 1.165) is 16.5 Å². The summed E-state index contributed by atoms with van der Waals surface area (Å²) in [5.41, 5.74) is 2.15. The lowest BCUT2D eigenvalue weighted by molar-refractivity contribution is 0.196. The molecule has 2 nitrogen and oxygen atoms in total. The SMILES string of the molecule is C[C@@H](O)Cc1ccnc2ccccc12. The van der Waals surface area contributed by atoms with Crippen LogP contribution in [0, 0.1) is 0 Å². The van der Waals surface area contributed by atoms with Crippen LogP contribution in [0.15, 0.2) is 36.5 Å². The first-order valence-electron chi connectivity index (χ1n) is 4.78. The van der Waals surface area contributed by atoms with Crippen LogP contribution in [0.2, 0.25) is 0 Å². The van der Waals surface area contributed by atoms with Crippen LogP contribution in [0.3, 0.4) is 0 Å². The molecule has 0 spiro atoms.